The van der Waals surface area contributed by atoms with E-state index in [0.717, 1.165) is 13.0 Å². The van der Waals surface area contributed by atoms with Crippen molar-refractivity contribution in [3.05, 3.63) is 0 Å². The molecule has 0 aromatic carbocycles. The van der Waals surface area contributed by atoms with E-state index in [9.17, 15) is 0 Å². The second-order valence-corrected chi connectivity index (χ2v) is 2.12. The monoisotopic (exact) mass is 116 g/mol. The highest BCUT2D eigenvalue weighted by atomic mass is 16.7. The topological polar surface area (TPSA) is 18.5 Å². The molecule has 1 rings (SSSR count). The van der Waals surface area contributed by atoms with Gasteiger partial charge in [-0.3, -0.25) is 0 Å². The van der Waals surface area contributed by atoms with E-state index >= 15 is 0 Å². The van der Waals surface area contributed by atoms with Gasteiger partial charge < -0.3 is 9.47 Å². The van der Waals surface area contributed by atoms with Crippen molar-refractivity contribution in [3.63, 3.8) is 0 Å². The lowest BCUT2D eigenvalue weighted by atomic mass is 10.4. The highest BCUT2D eigenvalue weighted by Gasteiger charge is 2.19. The van der Waals surface area contributed by atoms with E-state index in [1.165, 1.54) is 0 Å². The Morgan fingerprint density at radius 2 is 2.38 bits per heavy atom. The summed E-state index contributed by atoms with van der Waals surface area (Å²) in [5.74, 6) is 0. The van der Waals surface area contributed by atoms with Gasteiger partial charge in [-0.05, 0) is 13.3 Å². The van der Waals surface area contributed by atoms with Gasteiger partial charge in [0.1, 0.15) is 0 Å². The third kappa shape index (κ3) is 1.20. The molecule has 0 spiro atoms. The van der Waals surface area contributed by atoms with E-state index < -0.39 is 0 Å². The van der Waals surface area contributed by atoms with E-state index in [-0.39, 0.29) is 6.29 Å². The zero-order valence-electron chi connectivity index (χ0n) is 5.39. The fraction of sp³-hybridized carbons (Fsp3) is 1.00. The molecule has 0 aliphatic carbocycles. The standard InChI is InChI=1S/C6H12O2/c1-3-6-7-4-5(2)8-6/h5-6H,3-4H2,1-2H3/t5?,6-/m1/s1. The molecule has 0 radical (unpaired) electrons. The van der Waals surface area contributed by atoms with Crippen LogP contribution in [0.4, 0.5) is 0 Å². The van der Waals surface area contributed by atoms with E-state index in [1.807, 2.05) is 6.92 Å². The molecule has 0 N–H and O–H groups in total. The lowest BCUT2D eigenvalue weighted by Crippen LogP contribution is -2.06. The quantitative estimate of drug-likeness (QED) is 0.511. The molecule has 8 heavy (non-hydrogen) atoms. The van der Waals surface area contributed by atoms with E-state index in [1.54, 1.807) is 0 Å². The van der Waals surface area contributed by atoms with Gasteiger partial charge in [0.05, 0.1) is 12.7 Å². The van der Waals surface area contributed by atoms with Crippen molar-refractivity contribution in [2.24, 2.45) is 0 Å². The van der Waals surface area contributed by atoms with Gasteiger partial charge in [-0.25, -0.2) is 0 Å². The summed E-state index contributed by atoms with van der Waals surface area (Å²) in [5, 5.41) is 0. The van der Waals surface area contributed by atoms with Gasteiger partial charge in [-0.15, -0.1) is 0 Å². The van der Waals surface area contributed by atoms with Crippen molar-refractivity contribution in [2.75, 3.05) is 6.61 Å². The Morgan fingerprint density at radius 1 is 1.62 bits per heavy atom. The van der Waals surface area contributed by atoms with Gasteiger partial charge >= 0.3 is 0 Å². The van der Waals surface area contributed by atoms with Crippen LogP contribution in [0.25, 0.3) is 0 Å². The van der Waals surface area contributed by atoms with Crippen molar-refractivity contribution >= 4 is 0 Å². The minimum Gasteiger partial charge on any atom is -0.350 e. The lowest BCUT2D eigenvalue weighted by Gasteiger charge is -2.03. The SMILES string of the molecule is CC[C@@H]1OCC(C)O1. The molecule has 0 aromatic heterocycles. The summed E-state index contributed by atoms with van der Waals surface area (Å²) in [6, 6.07) is 0. The van der Waals surface area contributed by atoms with Crippen molar-refractivity contribution in [1.82, 2.24) is 0 Å². The summed E-state index contributed by atoms with van der Waals surface area (Å²) in [4.78, 5) is 0. The van der Waals surface area contributed by atoms with Crippen molar-refractivity contribution in [1.29, 1.82) is 0 Å². The molecule has 0 bridgehead atoms. The van der Waals surface area contributed by atoms with Crippen molar-refractivity contribution in [3.8, 4) is 0 Å². The number of hydrogen-bond acceptors (Lipinski definition) is 2. The predicted octanol–water partition coefficient (Wildman–Crippen LogP) is 1.16. The Labute approximate surface area is 49.8 Å². The van der Waals surface area contributed by atoms with E-state index in [4.69, 9.17) is 9.47 Å². The Morgan fingerprint density at radius 3 is 2.62 bits per heavy atom. The second-order valence-electron chi connectivity index (χ2n) is 2.12. The summed E-state index contributed by atoms with van der Waals surface area (Å²) in [6.07, 6.45) is 1.34. The molecule has 2 heteroatoms. The summed E-state index contributed by atoms with van der Waals surface area (Å²) >= 11 is 0. The van der Waals surface area contributed by atoms with Crippen LogP contribution in [0.2, 0.25) is 0 Å². The van der Waals surface area contributed by atoms with Gasteiger partial charge in [0, 0.05) is 0 Å². The van der Waals surface area contributed by atoms with Crippen LogP contribution in [0.1, 0.15) is 20.3 Å². The first kappa shape index (κ1) is 6.05. The normalized spacial score (nSPS) is 38.2. The number of rotatable bonds is 1. The van der Waals surface area contributed by atoms with Crippen LogP contribution in [-0.2, 0) is 9.47 Å². The molecule has 1 aliphatic heterocycles. The van der Waals surface area contributed by atoms with Crippen LogP contribution in [0.5, 0.6) is 0 Å². The summed E-state index contributed by atoms with van der Waals surface area (Å²) in [6.45, 7) is 4.84. The smallest absolute Gasteiger partial charge is 0.157 e. The van der Waals surface area contributed by atoms with Crippen LogP contribution in [0.15, 0.2) is 0 Å². The molecule has 1 saturated heterocycles. The fourth-order valence-electron chi connectivity index (χ4n) is 0.795. The molecule has 2 atom stereocenters. The maximum atomic E-state index is 5.29. The Kier molecular flexibility index (Phi) is 1.86. The summed E-state index contributed by atoms with van der Waals surface area (Å²) < 4.78 is 10.5. The number of hydrogen-bond donors (Lipinski definition) is 0. The molecular weight excluding hydrogens is 104 g/mol. The van der Waals surface area contributed by atoms with E-state index in [0.29, 0.717) is 6.10 Å². The Bertz CT molecular complexity index is 72.9. The average molecular weight is 116 g/mol. The lowest BCUT2D eigenvalue weighted by molar-refractivity contribution is -0.0557. The Balaban J connectivity index is 2.22. The van der Waals surface area contributed by atoms with Gasteiger partial charge in [0.2, 0.25) is 0 Å². The van der Waals surface area contributed by atoms with Crippen molar-refractivity contribution < 1.29 is 9.47 Å². The van der Waals surface area contributed by atoms with Gasteiger partial charge in [0.15, 0.2) is 6.29 Å². The molecule has 0 amide bonds. The minimum absolute atomic E-state index is 0.0741. The fourth-order valence-corrected chi connectivity index (χ4v) is 0.795. The molecule has 48 valence electrons. The zero-order valence-corrected chi connectivity index (χ0v) is 5.39. The molecule has 1 heterocycles. The van der Waals surface area contributed by atoms with Gasteiger partial charge in [0.25, 0.3) is 0 Å². The highest BCUT2D eigenvalue weighted by Crippen LogP contribution is 2.12. The third-order valence-corrected chi connectivity index (χ3v) is 1.23. The molecule has 1 aliphatic rings. The van der Waals surface area contributed by atoms with Gasteiger partial charge in [-0.1, -0.05) is 6.92 Å². The maximum absolute atomic E-state index is 5.29. The predicted molar refractivity (Wildman–Crippen MR) is 30.6 cm³/mol. The second kappa shape index (κ2) is 2.46. The minimum atomic E-state index is 0.0741. The first-order valence-corrected chi connectivity index (χ1v) is 3.10. The van der Waals surface area contributed by atoms with Crippen LogP contribution in [-0.4, -0.2) is 19.0 Å². The summed E-state index contributed by atoms with van der Waals surface area (Å²) in [7, 11) is 0. The van der Waals surface area contributed by atoms with Gasteiger partial charge in [-0.2, -0.15) is 0 Å². The molecule has 1 fully saturated rings. The third-order valence-electron chi connectivity index (χ3n) is 1.23. The first-order chi connectivity index (χ1) is 3.83. The first-order valence-electron chi connectivity index (χ1n) is 3.10. The molecule has 2 nitrogen and oxygen atoms in total. The van der Waals surface area contributed by atoms with Crippen LogP contribution >= 0.6 is 0 Å². The average Bonchev–Trinajstić information content (AvgIpc) is 2.14. The molecule has 1 unspecified atom stereocenters. The number of ether oxygens (including phenoxy) is 2. The van der Waals surface area contributed by atoms with Crippen molar-refractivity contribution in [2.45, 2.75) is 32.7 Å². The van der Waals surface area contributed by atoms with Crippen LogP contribution in [0.3, 0.4) is 0 Å². The van der Waals surface area contributed by atoms with Crippen LogP contribution < -0.4 is 0 Å². The highest BCUT2D eigenvalue weighted by molar-refractivity contribution is 4.57. The Hall–Kier alpha value is -0.0800. The zero-order chi connectivity index (χ0) is 5.98. The molecule has 0 saturated carbocycles. The van der Waals surface area contributed by atoms with Crippen LogP contribution in [0, 0.1) is 0 Å². The largest absolute Gasteiger partial charge is 0.350 e. The molecule has 0 aromatic rings. The summed E-state index contributed by atoms with van der Waals surface area (Å²) in [5.41, 5.74) is 0. The maximum Gasteiger partial charge on any atom is 0.157 e. The molecular formula is C6H12O2. The van der Waals surface area contributed by atoms with E-state index in [2.05, 4.69) is 6.92 Å².